The first-order chi connectivity index (χ1) is 8.28. The van der Waals surface area contributed by atoms with E-state index in [9.17, 15) is 0 Å². The van der Waals surface area contributed by atoms with Crippen molar-refractivity contribution in [2.24, 2.45) is 0 Å². The fraction of sp³-hybridized carbons (Fsp3) is 0.0833. The van der Waals surface area contributed by atoms with E-state index in [1.165, 1.54) is 0 Å². The van der Waals surface area contributed by atoms with Crippen LogP contribution in [0.25, 0.3) is 0 Å². The summed E-state index contributed by atoms with van der Waals surface area (Å²) in [6.07, 6.45) is 1.64. The number of anilines is 1. The highest BCUT2D eigenvalue weighted by Gasteiger charge is 1.99. The largest absolute Gasteiger partial charge is 0.379 e. The molecule has 0 saturated heterocycles. The van der Waals surface area contributed by atoms with Gasteiger partial charge in [0.1, 0.15) is 0 Å². The Kier molecular flexibility index (Phi) is 3.68. The van der Waals surface area contributed by atoms with Crippen molar-refractivity contribution in [3.8, 4) is 6.07 Å². The van der Waals surface area contributed by atoms with Crippen LogP contribution in [0.4, 0.5) is 5.69 Å². The monoisotopic (exact) mass is 288 g/mol. The van der Waals surface area contributed by atoms with Crippen LogP contribution >= 0.6 is 15.9 Å². The van der Waals surface area contributed by atoms with E-state index in [1.54, 1.807) is 18.3 Å². The quantitative estimate of drug-likeness (QED) is 0.943. The number of nitrogens with zero attached hydrogens (tertiary/aromatic N) is 3. The number of halogens is 1. The molecule has 0 amide bonds. The van der Waals surface area contributed by atoms with E-state index < -0.39 is 0 Å². The lowest BCUT2D eigenvalue weighted by Crippen LogP contribution is -2.02. The third kappa shape index (κ3) is 3.26. The molecule has 0 fully saturated rings. The van der Waals surface area contributed by atoms with E-state index >= 15 is 0 Å². The van der Waals surface area contributed by atoms with Gasteiger partial charge in [0.05, 0.1) is 23.9 Å². The highest BCUT2D eigenvalue weighted by Crippen LogP contribution is 2.19. The van der Waals surface area contributed by atoms with Crippen LogP contribution in [0.3, 0.4) is 0 Å². The first-order valence-electron chi connectivity index (χ1n) is 4.99. The van der Waals surface area contributed by atoms with Gasteiger partial charge in [0.15, 0.2) is 0 Å². The highest BCUT2D eigenvalue weighted by molar-refractivity contribution is 9.10. The van der Waals surface area contributed by atoms with Crippen LogP contribution in [0.2, 0.25) is 0 Å². The molecule has 1 N–H and O–H groups in total. The Morgan fingerprint density at radius 2 is 2.24 bits per heavy atom. The van der Waals surface area contributed by atoms with E-state index in [1.807, 2.05) is 18.2 Å². The molecule has 0 bridgehead atoms. The molecule has 0 radical (unpaired) electrons. The van der Waals surface area contributed by atoms with Crippen molar-refractivity contribution < 1.29 is 0 Å². The molecule has 17 heavy (non-hydrogen) atoms. The van der Waals surface area contributed by atoms with Crippen LogP contribution in [0, 0.1) is 11.3 Å². The molecule has 2 aromatic rings. The molecule has 1 heterocycles. The normalized spacial score (nSPS) is 9.65. The number of benzene rings is 1. The molecule has 1 aromatic heterocycles. The predicted octanol–water partition coefficient (Wildman–Crippen LogP) is 2.72. The zero-order valence-electron chi connectivity index (χ0n) is 8.89. The Morgan fingerprint density at radius 1 is 1.35 bits per heavy atom. The highest BCUT2D eigenvalue weighted by atomic mass is 79.9. The molecule has 4 nitrogen and oxygen atoms in total. The third-order valence-electron chi connectivity index (χ3n) is 2.13. The van der Waals surface area contributed by atoms with Gasteiger partial charge >= 0.3 is 0 Å². The van der Waals surface area contributed by atoms with E-state index in [-0.39, 0.29) is 0 Å². The van der Waals surface area contributed by atoms with Gasteiger partial charge in [-0.2, -0.15) is 15.5 Å². The second-order valence-corrected chi connectivity index (χ2v) is 4.32. The van der Waals surface area contributed by atoms with Gasteiger partial charge in [-0.05, 0) is 30.3 Å². The van der Waals surface area contributed by atoms with Crippen LogP contribution in [0.15, 0.2) is 41.0 Å². The van der Waals surface area contributed by atoms with E-state index in [2.05, 4.69) is 37.5 Å². The summed E-state index contributed by atoms with van der Waals surface area (Å²) in [6, 6.07) is 11.3. The van der Waals surface area contributed by atoms with Gasteiger partial charge in [0.2, 0.25) is 0 Å². The maximum absolute atomic E-state index is 8.85. The zero-order valence-corrected chi connectivity index (χ0v) is 10.5. The zero-order chi connectivity index (χ0) is 12.1. The number of rotatable bonds is 3. The molecule has 0 atom stereocenters. The van der Waals surface area contributed by atoms with Crippen molar-refractivity contribution in [2.75, 3.05) is 5.32 Å². The van der Waals surface area contributed by atoms with Crippen LogP contribution in [0.1, 0.15) is 11.3 Å². The average Bonchev–Trinajstić information content (AvgIpc) is 2.37. The Balaban J connectivity index is 2.10. The second-order valence-electron chi connectivity index (χ2n) is 3.41. The van der Waals surface area contributed by atoms with Crippen LogP contribution in [-0.4, -0.2) is 10.2 Å². The lowest BCUT2D eigenvalue weighted by atomic mass is 10.2. The smallest absolute Gasteiger partial charge is 0.0992 e. The minimum Gasteiger partial charge on any atom is -0.379 e. The topological polar surface area (TPSA) is 61.6 Å². The number of hydrogen-bond acceptors (Lipinski definition) is 4. The summed E-state index contributed by atoms with van der Waals surface area (Å²) in [5.41, 5.74) is 2.34. The molecule has 0 aliphatic rings. The third-order valence-corrected chi connectivity index (χ3v) is 2.59. The molecule has 0 aliphatic carbocycles. The van der Waals surface area contributed by atoms with E-state index in [4.69, 9.17) is 5.26 Å². The molecule has 0 aliphatic heterocycles. The number of aromatic nitrogens is 2. The van der Waals surface area contributed by atoms with Crippen molar-refractivity contribution in [1.82, 2.24) is 10.2 Å². The predicted molar refractivity (Wildman–Crippen MR) is 68.2 cm³/mol. The first kappa shape index (κ1) is 11.6. The van der Waals surface area contributed by atoms with Crippen LogP contribution in [-0.2, 0) is 6.54 Å². The molecule has 5 heteroatoms. The second kappa shape index (κ2) is 5.41. The summed E-state index contributed by atoms with van der Waals surface area (Å²) in [5, 5.41) is 19.8. The lowest BCUT2D eigenvalue weighted by molar-refractivity contribution is 0.925. The standard InChI is InChI=1S/C12H9BrN4/c13-10-4-9(7-14)5-12(6-10)15-8-11-2-1-3-16-17-11/h1-6,15H,8H2. The fourth-order valence-electron chi connectivity index (χ4n) is 1.38. The van der Waals surface area contributed by atoms with Crippen molar-refractivity contribution in [3.05, 3.63) is 52.3 Å². The Morgan fingerprint density at radius 3 is 2.94 bits per heavy atom. The Bertz CT molecular complexity index is 548. The lowest BCUT2D eigenvalue weighted by Gasteiger charge is -2.06. The Labute approximate surface area is 107 Å². The minimum atomic E-state index is 0.579. The molecule has 0 spiro atoms. The maximum atomic E-state index is 8.85. The maximum Gasteiger partial charge on any atom is 0.0992 e. The van der Waals surface area contributed by atoms with Gasteiger partial charge in [-0.3, -0.25) is 0 Å². The number of nitrogens with one attached hydrogen (secondary N) is 1. The van der Waals surface area contributed by atoms with Crippen molar-refractivity contribution in [3.63, 3.8) is 0 Å². The fourth-order valence-corrected chi connectivity index (χ4v) is 1.87. The minimum absolute atomic E-state index is 0.579. The van der Waals surface area contributed by atoms with Gasteiger partial charge in [0.25, 0.3) is 0 Å². The summed E-state index contributed by atoms with van der Waals surface area (Å²) in [4.78, 5) is 0. The molecule has 2 rings (SSSR count). The summed E-state index contributed by atoms with van der Waals surface area (Å²) in [7, 11) is 0. The van der Waals surface area contributed by atoms with Crippen molar-refractivity contribution in [2.45, 2.75) is 6.54 Å². The SMILES string of the molecule is N#Cc1cc(Br)cc(NCc2cccnn2)c1. The van der Waals surface area contributed by atoms with Gasteiger partial charge in [-0.1, -0.05) is 15.9 Å². The van der Waals surface area contributed by atoms with Gasteiger partial charge < -0.3 is 5.32 Å². The molecule has 1 aromatic carbocycles. The Hall–Kier alpha value is -1.93. The van der Waals surface area contributed by atoms with Crippen LogP contribution < -0.4 is 5.32 Å². The average molecular weight is 289 g/mol. The van der Waals surface area contributed by atoms with Crippen molar-refractivity contribution >= 4 is 21.6 Å². The molecule has 0 saturated carbocycles. The van der Waals surface area contributed by atoms with E-state index in [0.29, 0.717) is 12.1 Å². The molecular formula is C12H9BrN4. The molecular weight excluding hydrogens is 280 g/mol. The number of nitriles is 1. The van der Waals surface area contributed by atoms with E-state index in [0.717, 1.165) is 15.9 Å². The molecule has 84 valence electrons. The summed E-state index contributed by atoms with van der Waals surface area (Å²) < 4.78 is 0.873. The summed E-state index contributed by atoms with van der Waals surface area (Å²) in [6.45, 7) is 0.579. The van der Waals surface area contributed by atoms with Gasteiger partial charge in [-0.15, -0.1) is 0 Å². The van der Waals surface area contributed by atoms with Crippen molar-refractivity contribution in [1.29, 1.82) is 5.26 Å². The number of hydrogen-bond donors (Lipinski definition) is 1. The van der Waals surface area contributed by atoms with Crippen LogP contribution in [0.5, 0.6) is 0 Å². The van der Waals surface area contributed by atoms with Gasteiger partial charge in [-0.25, -0.2) is 0 Å². The summed E-state index contributed by atoms with van der Waals surface area (Å²) in [5.74, 6) is 0. The van der Waals surface area contributed by atoms with Gasteiger partial charge in [0, 0.05) is 16.4 Å². The first-order valence-corrected chi connectivity index (χ1v) is 5.78. The summed E-state index contributed by atoms with van der Waals surface area (Å²) >= 11 is 3.36. The molecule has 0 unspecified atom stereocenters.